The van der Waals surface area contributed by atoms with Crippen LogP contribution < -0.4 is 0 Å². The molecule has 0 fully saturated rings. The first-order chi connectivity index (χ1) is 8.55. The molecule has 0 aliphatic carbocycles. The molecule has 1 aliphatic heterocycles. The molecule has 18 heavy (non-hydrogen) atoms. The van der Waals surface area contributed by atoms with E-state index in [4.69, 9.17) is 4.74 Å². The van der Waals surface area contributed by atoms with Crippen molar-refractivity contribution in [2.75, 3.05) is 0 Å². The topological polar surface area (TPSA) is 26.3 Å². The van der Waals surface area contributed by atoms with Crippen molar-refractivity contribution in [3.8, 4) is 0 Å². The molecule has 0 amide bonds. The molecule has 0 aromatic heterocycles. The smallest absolute Gasteiger partial charge is 0.335 e. The molecule has 0 unspecified atom stereocenters. The zero-order chi connectivity index (χ0) is 13.2. The average molecular weight is 244 g/mol. The summed E-state index contributed by atoms with van der Waals surface area (Å²) in [5.74, 6) is -0.160. The molecular formula is C16H20O2. The van der Waals surface area contributed by atoms with E-state index in [0.29, 0.717) is 0 Å². The Balaban J connectivity index is 2.27. The summed E-state index contributed by atoms with van der Waals surface area (Å²) in [6.07, 6.45) is 4.92. The van der Waals surface area contributed by atoms with Crippen LogP contribution in [0.15, 0.2) is 35.9 Å². The fourth-order valence-electron chi connectivity index (χ4n) is 2.32. The van der Waals surface area contributed by atoms with Crippen molar-refractivity contribution < 1.29 is 9.53 Å². The summed E-state index contributed by atoms with van der Waals surface area (Å²) in [5, 5.41) is 0. The lowest BCUT2D eigenvalue weighted by atomic mass is 9.93. The van der Waals surface area contributed by atoms with E-state index >= 15 is 0 Å². The summed E-state index contributed by atoms with van der Waals surface area (Å²) < 4.78 is 5.57. The number of esters is 1. The molecule has 1 aromatic carbocycles. The number of aryl methyl sites for hydroxylation is 1. The van der Waals surface area contributed by atoms with Gasteiger partial charge in [-0.25, -0.2) is 4.79 Å². The Hall–Kier alpha value is -1.57. The summed E-state index contributed by atoms with van der Waals surface area (Å²) in [5.41, 5.74) is 2.45. The number of ether oxygens (including phenoxy) is 1. The third-order valence-electron chi connectivity index (χ3n) is 3.41. The number of benzene rings is 1. The third-order valence-corrected chi connectivity index (χ3v) is 3.41. The third kappa shape index (κ3) is 2.47. The number of hydrogen-bond acceptors (Lipinski definition) is 2. The van der Waals surface area contributed by atoms with Gasteiger partial charge in [0.1, 0.15) is 0 Å². The number of carbonyl (C=O) groups is 1. The molecule has 1 aliphatic rings. The minimum atomic E-state index is -0.591. The molecule has 0 bridgehead atoms. The van der Waals surface area contributed by atoms with E-state index in [1.807, 2.05) is 38.1 Å². The molecular weight excluding hydrogens is 224 g/mol. The van der Waals surface area contributed by atoms with Crippen molar-refractivity contribution in [1.29, 1.82) is 0 Å². The van der Waals surface area contributed by atoms with Gasteiger partial charge in [0.15, 0.2) is 5.60 Å². The van der Waals surface area contributed by atoms with Crippen molar-refractivity contribution in [2.24, 2.45) is 0 Å². The summed E-state index contributed by atoms with van der Waals surface area (Å²) in [4.78, 5) is 11.9. The van der Waals surface area contributed by atoms with Gasteiger partial charge in [0.2, 0.25) is 0 Å². The Kier molecular flexibility index (Phi) is 3.55. The van der Waals surface area contributed by atoms with Gasteiger partial charge in [-0.2, -0.15) is 0 Å². The van der Waals surface area contributed by atoms with Crippen molar-refractivity contribution in [3.05, 3.63) is 47.0 Å². The molecule has 96 valence electrons. The van der Waals surface area contributed by atoms with E-state index in [1.165, 1.54) is 5.56 Å². The lowest BCUT2D eigenvalue weighted by Gasteiger charge is -2.22. The van der Waals surface area contributed by atoms with Crippen LogP contribution in [0, 0.1) is 6.92 Å². The van der Waals surface area contributed by atoms with Crippen LogP contribution in [0.25, 0.3) is 0 Å². The first kappa shape index (κ1) is 12.9. The molecule has 2 nitrogen and oxygen atoms in total. The van der Waals surface area contributed by atoms with Crippen molar-refractivity contribution in [2.45, 2.75) is 45.6 Å². The molecule has 1 aromatic rings. The quantitative estimate of drug-likeness (QED) is 0.751. The highest BCUT2D eigenvalue weighted by atomic mass is 16.6. The highest BCUT2D eigenvalue weighted by Gasteiger charge is 2.36. The van der Waals surface area contributed by atoms with E-state index in [0.717, 1.165) is 30.4 Å². The Bertz CT molecular complexity index is 488. The zero-order valence-electron chi connectivity index (χ0n) is 11.3. The van der Waals surface area contributed by atoms with Gasteiger partial charge in [-0.1, -0.05) is 43.2 Å². The Labute approximate surface area is 109 Å². The van der Waals surface area contributed by atoms with Crippen molar-refractivity contribution >= 4 is 5.97 Å². The van der Waals surface area contributed by atoms with Crippen LogP contribution in [0.2, 0.25) is 0 Å². The SMILES string of the molecule is CCCCC1=C[C@](C)(c2cccc(C)c2)OC1=O. The molecule has 2 heteroatoms. The molecule has 0 N–H and O–H groups in total. The minimum absolute atomic E-state index is 0.160. The van der Waals surface area contributed by atoms with Gasteiger partial charge in [0, 0.05) is 5.57 Å². The first-order valence-corrected chi connectivity index (χ1v) is 6.57. The van der Waals surface area contributed by atoms with Crippen molar-refractivity contribution in [3.63, 3.8) is 0 Å². The predicted molar refractivity (Wildman–Crippen MR) is 72.2 cm³/mol. The lowest BCUT2D eigenvalue weighted by Crippen LogP contribution is -2.21. The molecule has 0 spiro atoms. The van der Waals surface area contributed by atoms with Crippen LogP contribution in [0.3, 0.4) is 0 Å². The second-order valence-electron chi connectivity index (χ2n) is 5.14. The highest BCUT2D eigenvalue weighted by Crippen LogP contribution is 2.36. The van der Waals surface area contributed by atoms with E-state index in [1.54, 1.807) is 0 Å². The first-order valence-electron chi connectivity index (χ1n) is 6.57. The van der Waals surface area contributed by atoms with Gasteiger partial charge in [-0.3, -0.25) is 0 Å². The molecule has 0 saturated carbocycles. The molecule has 1 heterocycles. The van der Waals surface area contributed by atoms with Gasteiger partial charge >= 0.3 is 5.97 Å². The van der Waals surface area contributed by atoms with E-state index in [2.05, 4.69) is 13.0 Å². The summed E-state index contributed by atoms with van der Waals surface area (Å²) >= 11 is 0. The highest BCUT2D eigenvalue weighted by molar-refractivity contribution is 5.91. The van der Waals surface area contributed by atoms with Gasteiger partial charge in [-0.05, 0) is 38.3 Å². The van der Waals surface area contributed by atoms with E-state index < -0.39 is 5.60 Å². The van der Waals surface area contributed by atoms with Crippen LogP contribution in [-0.2, 0) is 15.1 Å². The summed E-state index contributed by atoms with van der Waals surface area (Å²) in [7, 11) is 0. The molecule has 2 rings (SSSR count). The van der Waals surface area contributed by atoms with E-state index in [9.17, 15) is 4.79 Å². The molecule has 0 radical (unpaired) electrons. The van der Waals surface area contributed by atoms with Crippen molar-refractivity contribution in [1.82, 2.24) is 0 Å². The Morgan fingerprint density at radius 2 is 2.11 bits per heavy atom. The van der Waals surface area contributed by atoms with Crippen LogP contribution in [-0.4, -0.2) is 5.97 Å². The number of rotatable bonds is 4. The minimum Gasteiger partial charge on any atom is -0.447 e. The lowest BCUT2D eigenvalue weighted by molar-refractivity contribution is -0.146. The maximum absolute atomic E-state index is 11.9. The predicted octanol–water partition coefficient (Wildman–Crippen LogP) is 3.88. The monoisotopic (exact) mass is 244 g/mol. The van der Waals surface area contributed by atoms with Gasteiger partial charge in [0.25, 0.3) is 0 Å². The van der Waals surface area contributed by atoms with Crippen LogP contribution >= 0.6 is 0 Å². The Morgan fingerprint density at radius 3 is 2.78 bits per heavy atom. The van der Waals surface area contributed by atoms with Crippen LogP contribution in [0.1, 0.15) is 44.2 Å². The normalized spacial score (nSPS) is 22.8. The number of unbranched alkanes of at least 4 members (excludes halogenated alkanes) is 1. The zero-order valence-corrected chi connectivity index (χ0v) is 11.3. The largest absolute Gasteiger partial charge is 0.447 e. The summed E-state index contributed by atoms with van der Waals surface area (Å²) in [6, 6.07) is 8.14. The molecule has 1 atom stereocenters. The van der Waals surface area contributed by atoms with Crippen LogP contribution in [0.5, 0.6) is 0 Å². The molecule has 0 saturated heterocycles. The van der Waals surface area contributed by atoms with Gasteiger partial charge in [0.05, 0.1) is 0 Å². The second-order valence-corrected chi connectivity index (χ2v) is 5.14. The average Bonchev–Trinajstić information content (AvgIpc) is 2.63. The number of carbonyl (C=O) groups excluding carboxylic acids is 1. The Morgan fingerprint density at radius 1 is 1.33 bits per heavy atom. The van der Waals surface area contributed by atoms with Crippen LogP contribution in [0.4, 0.5) is 0 Å². The number of hydrogen-bond donors (Lipinski definition) is 0. The second kappa shape index (κ2) is 4.97. The van der Waals surface area contributed by atoms with Gasteiger partial charge < -0.3 is 4.74 Å². The maximum Gasteiger partial charge on any atom is 0.335 e. The summed E-state index contributed by atoms with van der Waals surface area (Å²) in [6.45, 7) is 6.13. The fraction of sp³-hybridized carbons (Fsp3) is 0.438. The van der Waals surface area contributed by atoms with E-state index in [-0.39, 0.29) is 5.97 Å². The maximum atomic E-state index is 11.9. The fourth-order valence-corrected chi connectivity index (χ4v) is 2.32. The number of cyclic esters (lactones) is 1. The van der Waals surface area contributed by atoms with Gasteiger partial charge in [-0.15, -0.1) is 0 Å². The standard InChI is InChI=1S/C16H20O2/c1-4-5-8-13-11-16(3,18-15(13)17)14-9-6-7-12(2)10-14/h6-7,9-11H,4-5,8H2,1-3H3/t16-/m1/s1.